The maximum absolute atomic E-state index is 12.4. The van der Waals surface area contributed by atoms with E-state index in [-0.39, 0.29) is 12.5 Å². The van der Waals surface area contributed by atoms with Crippen LogP contribution >= 0.6 is 0 Å². The van der Waals surface area contributed by atoms with Gasteiger partial charge in [0.15, 0.2) is 6.61 Å². The molecule has 1 aromatic carbocycles. The number of likely N-dealkylation sites (tertiary alicyclic amines) is 1. The Kier molecular flexibility index (Phi) is 6.15. The van der Waals surface area contributed by atoms with Gasteiger partial charge in [0.1, 0.15) is 17.3 Å². The third kappa shape index (κ3) is 4.56. The number of benzene rings is 1. The molecule has 0 radical (unpaired) electrons. The van der Waals surface area contributed by atoms with Gasteiger partial charge in [-0.1, -0.05) is 13.0 Å². The summed E-state index contributed by atoms with van der Waals surface area (Å²) in [6, 6.07) is 7.32. The van der Waals surface area contributed by atoms with Crippen molar-refractivity contribution < 1.29 is 14.3 Å². The largest absolute Gasteiger partial charge is 0.497 e. The van der Waals surface area contributed by atoms with E-state index in [4.69, 9.17) is 9.47 Å². The van der Waals surface area contributed by atoms with Crippen molar-refractivity contribution in [2.24, 2.45) is 5.92 Å². The van der Waals surface area contributed by atoms with Crippen LogP contribution in [0.4, 0.5) is 0 Å². The molecule has 6 heteroatoms. The summed E-state index contributed by atoms with van der Waals surface area (Å²) < 4.78 is 13.0. The quantitative estimate of drug-likeness (QED) is 0.765. The number of hydrogen-bond acceptors (Lipinski definition) is 4. The SMILES string of the molecule is CCc1nccn1CC1CCN(C(=O)COc2cccc(OC)c2)CC1. The lowest BCUT2D eigenvalue weighted by Gasteiger charge is -2.32. The Balaban J connectivity index is 1.44. The first-order valence-corrected chi connectivity index (χ1v) is 9.24. The molecule has 1 aliphatic heterocycles. The summed E-state index contributed by atoms with van der Waals surface area (Å²) in [7, 11) is 1.61. The van der Waals surface area contributed by atoms with Gasteiger partial charge in [0, 0.05) is 44.5 Å². The highest BCUT2D eigenvalue weighted by Gasteiger charge is 2.23. The van der Waals surface area contributed by atoms with Crippen molar-refractivity contribution in [2.45, 2.75) is 32.7 Å². The molecular weight excluding hydrogens is 330 g/mol. The third-order valence-corrected chi connectivity index (χ3v) is 4.94. The Labute approximate surface area is 154 Å². The summed E-state index contributed by atoms with van der Waals surface area (Å²) >= 11 is 0. The Morgan fingerprint density at radius 1 is 1.27 bits per heavy atom. The van der Waals surface area contributed by atoms with Crippen molar-refractivity contribution in [3.8, 4) is 11.5 Å². The molecule has 0 spiro atoms. The normalized spacial score (nSPS) is 15.1. The predicted molar refractivity (Wildman–Crippen MR) is 99.4 cm³/mol. The van der Waals surface area contributed by atoms with Gasteiger partial charge in [-0.05, 0) is 30.9 Å². The molecule has 0 aliphatic carbocycles. The van der Waals surface area contributed by atoms with Crippen LogP contribution < -0.4 is 9.47 Å². The zero-order valence-corrected chi connectivity index (χ0v) is 15.6. The average Bonchev–Trinajstić information content (AvgIpc) is 3.14. The summed E-state index contributed by atoms with van der Waals surface area (Å²) in [5.74, 6) is 3.15. The number of aromatic nitrogens is 2. The molecule has 0 bridgehead atoms. The zero-order valence-electron chi connectivity index (χ0n) is 15.6. The molecule has 1 amide bonds. The molecule has 0 saturated carbocycles. The fourth-order valence-corrected chi connectivity index (χ4v) is 3.39. The Morgan fingerprint density at radius 3 is 2.77 bits per heavy atom. The summed E-state index contributed by atoms with van der Waals surface area (Å²) in [5.41, 5.74) is 0. The van der Waals surface area contributed by atoms with Gasteiger partial charge in [0.25, 0.3) is 5.91 Å². The fraction of sp³-hybridized carbons (Fsp3) is 0.500. The van der Waals surface area contributed by atoms with Crippen LogP contribution in [0.3, 0.4) is 0 Å². The van der Waals surface area contributed by atoms with E-state index >= 15 is 0 Å². The maximum atomic E-state index is 12.4. The average molecular weight is 357 g/mol. The van der Waals surface area contributed by atoms with Crippen LogP contribution in [0.1, 0.15) is 25.6 Å². The molecule has 6 nitrogen and oxygen atoms in total. The predicted octanol–water partition coefficient (Wildman–Crippen LogP) is 2.77. The number of ether oxygens (including phenoxy) is 2. The second kappa shape index (κ2) is 8.74. The standard InChI is InChI=1S/C20H27N3O3/c1-3-19-21-9-12-23(19)14-16-7-10-22(11-8-16)20(24)15-26-18-6-4-5-17(13-18)25-2/h4-6,9,12-13,16H,3,7-8,10-11,14-15H2,1-2H3. The van der Waals surface area contributed by atoms with Crippen LogP contribution in [0, 0.1) is 5.92 Å². The van der Waals surface area contributed by atoms with Crippen molar-refractivity contribution in [3.05, 3.63) is 42.5 Å². The van der Waals surface area contributed by atoms with Gasteiger partial charge >= 0.3 is 0 Å². The first kappa shape index (κ1) is 18.3. The highest BCUT2D eigenvalue weighted by atomic mass is 16.5. The number of amides is 1. The fourth-order valence-electron chi connectivity index (χ4n) is 3.39. The van der Waals surface area contributed by atoms with Gasteiger partial charge in [0.2, 0.25) is 0 Å². The number of methoxy groups -OCH3 is 1. The number of aryl methyl sites for hydroxylation is 1. The third-order valence-electron chi connectivity index (χ3n) is 4.94. The molecule has 1 fully saturated rings. The smallest absolute Gasteiger partial charge is 0.260 e. The molecule has 1 aliphatic rings. The second-order valence-electron chi connectivity index (χ2n) is 6.64. The Hall–Kier alpha value is -2.50. The number of imidazole rings is 1. The lowest BCUT2D eigenvalue weighted by Crippen LogP contribution is -2.41. The summed E-state index contributed by atoms with van der Waals surface area (Å²) in [6.07, 6.45) is 6.91. The van der Waals surface area contributed by atoms with E-state index in [9.17, 15) is 4.79 Å². The molecule has 2 aromatic rings. The van der Waals surface area contributed by atoms with Crippen molar-refractivity contribution in [2.75, 3.05) is 26.8 Å². The molecule has 3 rings (SSSR count). The van der Waals surface area contributed by atoms with Crippen LogP contribution in [0.25, 0.3) is 0 Å². The van der Waals surface area contributed by atoms with Crippen molar-refractivity contribution in [3.63, 3.8) is 0 Å². The lowest BCUT2D eigenvalue weighted by atomic mass is 9.96. The maximum Gasteiger partial charge on any atom is 0.260 e. The lowest BCUT2D eigenvalue weighted by molar-refractivity contribution is -0.134. The number of rotatable bonds is 7. The molecule has 1 saturated heterocycles. The van der Waals surface area contributed by atoms with Crippen molar-refractivity contribution in [1.82, 2.24) is 14.5 Å². The first-order valence-electron chi connectivity index (χ1n) is 9.24. The molecule has 2 heterocycles. The Bertz CT molecular complexity index is 721. The number of nitrogens with zero attached hydrogens (tertiary/aromatic N) is 3. The first-order chi connectivity index (χ1) is 12.7. The highest BCUT2D eigenvalue weighted by molar-refractivity contribution is 5.77. The minimum Gasteiger partial charge on any atom is -0.497 e. The van der Waals surface area contributed by atoms with E-state index in [1.807, 2.05) is 29.3 Å². The van der Waals surface area contributed by atoms with Crippen molar-refractivity contribution in [1.29, 1.82) is 0 Å². The van der Waals surface area contributed by atoms with Gasteiger partial charge in [0.05, 0.1) is 7.11 Å². The molecule has 140 valence electrons. The molecule has 0 N–H and O–H groups in total. The van der Waals surface area contributed by atoms with E-state index in [0.29, 0.717) is 11.7 Å². The molecule has 0 atom stereocenters. The number of piperidine rings is 1. The van der Waals surface area contributed by atoms with E-state index in [0.717, 1.165) is 50.5 Å². The van der Waals surface area contributed by atoms with Crippen LogP contribution in [0.15, 0.2) is 36.7 Å². The summed E-state index contributed by atoms with van der Waals surface area (Å²) in [6.45, 7) is 4.77. The highest BCUT2D eigenvalue weighted by Crippen LogP contribution is 2.21. The molecular formula is C20H27N3O3. The van der Waals surface area contributed by atoms with Gasteiger partial charge in [-0.2, -0.15) is 0 Å². The van der Waals surface area contributed by atoms with Gasteiger partial charge in [-0.15, -0.1) is 0 Å². The van der Waals surface area contributed by atoms with Gasteiger partial charge < -0.3 is 18.9 Å². The monoisotopic (exact) mass is 357 g/mol. The van der Waals surface area contributed by atoms with Crippen LogP contribution in [0.5, 0.6) is 11.5 Å². The topological polar surface area (TPSA) is 56.6 Å². The molecule has 0 unspecified atom stereocenters. The zero-order chi connectivity index (χ0) is 18.4. The van der Waals surface area contributed by atoms with E-state index in [2.05, 4.69) is 22.7 Å². The van der Waals surface area contributed by atoms with Crippen LogP contribution in [0.2, 0.25) is 0 Å². The van der Waals surface area contributed by atoms with E-state index in [1.54, 1.807) is 13.2 Å². The summed E-state index contributed by atoms with van der Waals surface area (Å²) in [5, 5.41) is 0. The second-order valence-corrected chi connectivity index (χ2v) is 6.64. The number of carbonyl (C=O) groups excluding carboxylic acids is 1. The van der Waals surface area contributed by atoms with E-state index < -0.39 is 0 Å². The minimum atomic E-state index is 0.0446. The van der Waals surface area contributed by atoms with Crippen molar-refractivity contribution >= 4 is 5.91 Å². The van der Waals surface area contributed by atoms with Crippen LogP contribution in [-0.4, -0.2) is 47.2 Å². The number of carbonyl (C=O) groups is 1. The van der Waals surface area contributed by atoms with Gasteiger partial charge in [-0.3, -0.25) is 4.79 Å². The van der Waals surface area contributed by atoms with E-state index in [1.165, 1.54) is 0 Å². The molecule has 1 aromatic heterocycles. The number of hydrogen-bond donors (Lipinski definition) is 0. The van der Waals surface area contributed by atoms with Gasteiger partial charge in [-0.25, -0.2) is 4.98 Å². The summed E-state index contributed by atoms with van der Waals surface area (Å²) in [4.78, 5) is 18.7. The molecule has 26 heavy (non-hydrogen) atoms. The van der Waals surface area contributed by atoms with Crippen LogP contribution in [-0.2, 0) is 17.8 Å². The minimum absolute atomic E-state index is 0.0446. The Morgan fingerprint density at radius 2 is 2.04 bits per heavy atom.